The normalized spacial score (nSPS) is 22.9. The molecular formula is C17H20N4O2. The van der Waals surface area contributed by atoms with Crippen molar-refractivity contribution in [3.05, 3.63) is 35.3 Å². The summed E-state index contributed by atoms with van der Waals surface area (Å²) in [5, 5.41) is 0. The van der Waals surface area contributed by atoms with Crippen LogP contribution in [-0.2, 0) is 0 Å². The van der Waals surface area contributed by atoms with Gasteiger partial charge in [0.1, 0.15) is 12.4 Å². The molecule has 0 saturated carbocycles. The highest BCUT2D eigenvalue weighted by atomic mass is 16.5. The summed E-state index contributed by atoms with van der Waals surface area (Å²) in [7, 11) is 0. The summed E-state index contributed by atoms with van der Waals surface area (Å²) >= 11 is 0. The largest absolute Gasteiger partial charge is 0.489 e. The number of hydrogen-bond donors (Lipinski definition) is 1. The van der Waals surface area contributed by atoms with E-state index in [4.69, 9.17) is 4.74 Å². The molecule has 120 valence electrons. The maximum atomic E-state index is 13.1. The van der Waals surface area contributed by atoms with Crippen molar-refractivity contribution in [1.29, 1.82) is 0 Å². The number of carbonyl (C=O) groups excluding carboxylic acids is 1. The highest BCUT2D eigenvalue weighted by Gasteiger charge is 2.49. The minimum atomic E-state index is -0.0350. The fourth-order valence-corrected chi connectivity index (χ4v) is 3.66. The van der Waals surface area contributed by atoms with Crippen molar-refractivity contribution in [2.24, 2.45) is 0 Å². The summed E-state index contributed by atoms with van der Waals surface area (Å²) in [4.78, 5) is 24.2. The fraction of sp³-hybridized carbons (Fsp3) is 0.412. The number of aromatic amines is 1. The van der Waals surface area contributed by atoms with Gasteiger partial charge in [0.2, 0.25) is 0 Å². The van der Waals surface area contributed by atoms with Gasteiger partial charge in [-0.2, -0.15) is 0 Å². The molecule has 2 amide bonds. The summed E-state index contributed by atoms with van der Waals surface area (Å²) in [5.41, 5.74) is 3.95. The third-order valence-corrected chi connectivity index (χ3v) is 4.80. The number of ether oxygens (including phenoxy) is 1. The Morgan fingerprint density at radius 2 is 2.04 bits per heavy atom. The van der Waals surface area contributed by atoms with Crippen LogP contribution in [0.3, 0.4) is 0 Å². The predicted octanol–water partition coefficient (Wildman–Crippen LogP) is 2.93. The molecule has 23 heavy (non-hydrogen) atoms. The smallest absolute Gasteiger partial charge is 0.331 e. The van der Waals surface area contributed by atoms with Crippen molar-refractivity contribution >= 4 is 17.5 Å². The Kier molecular flexibility index (Phi) is 2.91. The van der Waals surface area contributed by atoms with Gasteiger partial charge in [0.15, 0.2) is 5.82 Å². The summed E-state index contributed by atoms with van der Waals surface area (Å²) in [6.07, 6.45) is 1.63. The molecule has 6 nitrogen and oxygen atoms in total. The molecule has 2 unspecified atom stereocenters. The quantitative estimate of drug-likeness (QED) is 0.880. The van der Waals surface area contributed by atoms with E-state index in [9.17, 15) is 4.79 Å². The molecule has 1 N–H and O–H groups in total. The first-order valence-electron chi connectivity index (χ1n) is 7.85. The van der Waals surface area contributed by atoms with Gasteiger partial charge in [0.05, 0.1) is 29.8 Å². The number of carbonyl (C=O) groups is 1. The number of aryl methyl sites for hydroxylation is 3. The number of rotatable bonds is 1. The molecule has 1 aromatic heterocycles. The minimum Gasteiger partial charge on any atom is -0.489 e. The van der Waals surface area contributed by atoms with Gasteiger partial charge in [0, 0.05) is 0 Å². The molecule has 0 spiro atoms. The Balaban J connectivity index is 1.83. The van der Waals surface area contributed by atoms with Gasteiger partial charge in [-0.25, -0.2) is 9.78 Å². The SMILES string of the molecule is Cc1cc(C)c2c(c1)N1C(=O)N(c3nc[nH]c3C)C(C)C1CO2. The first-order valence-corrected chi connectivity index (χ1v) is 7.85. The molecule has 1 aromatic carbocycles. The van der Waals surface area contributed by atoms with E-state index in [0.29, 0.717) is 12.4 Å². The monoisotopic (exact) mass is 312 g/mol. The van der Waals surface area contributed by atoms with E-state index in [-0.39, 0.29) is 18.1 Å². The Bertz CT molecular complexity index is 798. The number of imidazole rings is 1. The fourth-order valence-electron chi connectivity index (χ4n) is 3.66. The van der Waals surface area contributed by atoms with Gasteiger partial charge in [-0.05, 0) is 44.9 Å². The highest BCUT2D eigenvalue weighted by molar-refractivity contribution is 6.08. The van der Waals surface area contributed by atoms with Crippen LogP contribution in [0.1, 0.15) is 23.7 Å². The van der Waals surface area contributed by atoms with Crippen LogP contribution in [0.5, 0.6) is 5.75 Å². The Morgan fingerprint density at radius 3 is 2.74 bits per heavy atom. The first kappa shape index (κ1) is 14.1. The number of benzene rings is 1. The van der Waals surface area contributed by atoms with E-state index < -0.39 is 0 Å². The first-order chi connectivity index (χ1) is 11.0. The van der Waals surface area contributed by atoms with Gasteiger partial charge in [-0.15, -0.1) is 0 Å². The number of amides is 2. The molecule has 2 atom stereocenters. The Labute approximate surface area is 135 Å². The molecule has 2 aliphatic rings. The maximum Gasteiger partial charge on any atom is 0.331 e. The van der Waals surface area contributed by atoms with Crippen LogP contribution in [-0.4, -0.2) is 34.7 Å². The molecule has 1 saturated heterocycles. The minimum absolute atomic E-state index is 0.00142. The van der Waals surface area contributed by atoms with Crippen LogP contribution in [0, 0.1) is 20.8 Å². The van der Waals surface area contributed by atoms with Crippen LogP contribution in [0.15, 0.2) is 18.5 Å². The average Bonchev–Trinajstić information content (AvgIpc) is 3.01. The molecule has 6 heteroatoms. The van der Waals surface area contributed by atoms with E-state index in [2.05, 4.69) is 16.0 Å². The molecule has 1 fully saturated rings. The van der Waals surface area contributed by atoms with Gasteiger partial charge >= 0.3 is 6.03 Å². The third kappa shape index (κ3) is 1.87. The van der Waals surface area contributed by atoms with Crippen molar-refractivity contribution in [3.8, 4) is 5.75 Å². The van der Waals surface area contributed by atoms with Crippen LogP contribution < -0.4 is 14.5 Å². The number of anilines is 2. The number of nitrogens with zero attached hydrogens (tertiary/aromatic N) is 3. The second-order valence-electron chi connectivity index (χ2n) is 6.42. The number of aromatic nitrogens is 2. The van der Waals surface area contributed by atoms with Gasteiger partial charge in [-0.3, -0.25) is 9.80 Å². The topological polar surface area (TPSA) is 61.5 Å². The van der Waals surface area contributed by atoms with Gasteiger partial charge in [0.25, 0.3) is 0 Å². The number of hydrogen-bond acceptors (Lipinski definition) is 3. The second kappa shape index (κ2) is 4.75. The summed E-state index contributed by atoms with van der Waals surface area (Å²) in [6.45, 7) is 8.54. The van der Waals surface area contributed by atoms with Crippen molar-refractivity contribution in [2.75, 3.05) is 16.4 Å². The lowest BCUT2D eigenvalue weighted by atomic mass is 10.0. The number of H-pyrrole nitrogens is 1. The lowest BCUT2D eigenvalue weighted by molar-refractivity contribution is 0.245. The standard InChI is InChI=1S/C17H20N4O2/c1-9-5-10(2)15-13(6-9)21-14(7-23-15)12(4)20(17(21)22)16-11(3)18-8-19-16/h5-6,8,12,14H,7H2,1-4H3,(H,18,19). The van der Waals surface area contributed by atoms with Crippen LogP contribution in [0.4, 0.5) is 16.3 Å². The summed E-state index contributed by atoms with van der Waals surface area (Å²) in [5.74, 6) is 1.51. The van der Waals surface area contributed by atoms with E-state index in [1.165, 1.54) is 0 Å². The molecule has 0 bridgehead atoms. The highest BCUT2D eigenvalue weighted by Crippen LogP contribution is 2.43. The van der Waals surface area contributed by atoms with Crippen molar-refractivity contribution in [1.82, 2.24) is 9.97 Å². The average molecular weight is 312 g/mol. The zero-order valence-electron chi connectivity index (χ0n) is 13.8. The Hall–Kier alpha value is -2.50. The maximum absolute atomic E-state index is 13.1. The summed E-state index contributed by atoms with van der Waals surface area (Å²) in [6, 6.07) is 4.07. The van der Waals surface area contributed by atoms with Crippen LogP contribution >= 0.6 is 0 Å². The Morgan fingerprint density at radius 1 is 1.26 bits per heavy atom. The third-order valence-electron chi connectivity index (χ3n) is 4.80. The van der Waals surface area contributed by atoms with Crippen molar-refractivity contribution in [3.63, 3.8) is 0 Å². The predicted molar refractivity (Wildman–Crippen MR) is 88.3 cm³/mol. The zero-order chi connectivity index (χ0) is 16.3. The summed E-state index contributed by atoms with van der Waals surface area (Å²) < 4.78 is 5.99. The number of nitrogens with one attached hydrogen (secondary N) is 1. The van der Waals surface area contributed by atoms with Gasteiger partial charge in [-0.1, -0.05) is 6.07 Å². The molecule has 3 heterocycles. The van der Waals surface area contributed by atoms with E-state index in [1.807, 2.05) is 38.7 Å². The lowest BCUT2D eigenvalue weighted by Gasteiger charge is -2.33. The van der Waals surface area contributed by atoms with E-state index >= 15 is 0 Å². The van der Waals surface area contributed by atoms with Crippen LogP contribution in [0.2, 0.25) is 0 Å². The molecule has 2 aromatic rings. The molecular weight excluding hydrogens is 292 g/mol. The lowest BCUT2D eigenvalue weighted by Crippen LogP contribution is -2.44. The second-order valence-corrected chi connectivity index (χ2v) is 6.42. The van der Waals surface area contributed by atoms with E-state index in [0.717, 1.165) is 28.3 Å². The van der Waals surface area contributed by atoms with Crippen LogP contribution in [0.25, 0.3) is 0 Å². The van der Waals surface area contributed by atoms with Gasteiger partial charge < -0.3 is 9.72 Å². The molecule has 2 aliphatic heterocycles. The van der Waals surface area contributed by atoms with Crippen molar-refractivity contribution < 1.29 is 9.53 Å². The van der Waals surface area contributed by atoms with Crippen molar-refractivity contribution in [2.45, 2.75) is 39.8 Å². The molecule has 4 rings (SSSR count). The van der Waals surface area contributed by atoms with E-state index in [1.54, 1.807) is 11.2 Å². The number of urea groups is 1. The number of fused-ring (bicyclic) bond motifs is 3. The molecule has 0 aliphatic carbocycles. The molecule has 0 radical (unpaired) electrons. The zero-order valence-corrected chi connectivity index (χ0v) is 13.8.